The van der Waals surface area contributed by atoms with E-state index >= 15 is 0 Å². The molecule has 0 saturated heterocycles. The minimum absolute atomic E-state index is 0.0860. The lowest BCUT2D eigenvalue weighted by molar-refractivity contribution is -0.139. The highest BCUT2D eigenvalue weighted by atomic mass is 32.2. The van der Waals surface area contributed by atoms with E-state index in [1.807, 2.05) is 49.4 Å². The molecule has 0 unspecified atom stereocenters. The highest BCUT2D eigenvalue weighted by molar-refractivity contribution is 7.92. The number of unbranched alkanes of at least 4 members (excludes halogenated alkanes) is 1. The zero-order valence-electron chi connectivity index (χ0n) is 21.7. The Kier molecular flexibility index (Phi) is 9.89. The van der Waals surface area contributed by atoms with Gasteiger partial charge in [-0.1, -0.05) is 76.6 Å². The highest BCUT2D eigenvalue weighted by Crippen LogP contribution is 2.26. The standard InChI is InChI=1S/C27H39N3O4S/c1-7-8-18-28-26(32)21(2)29(19-22-12-10-9-11-13-22)25(31)20-30(35(6,33)34)24-16-14-23(15-17-24)27(3,4)5/h9-17,21H,7-8,18-20H2,1-6H3,(H,28,32)/t21-/m1/s1. The van der Waals surface area contributed by atoms with E-state index in [-0.39, 0.29) is 17.9 Å². The second-order valence-electron chi connectivity index (χ2n) is 9.89. The van der Waals surface area contributed by atoms with E-state index in [4.69, 9.17) is 0 Å². The first-order chi connectivity index (χ1) is 16.3. The summed E-state index contributed by atoms with van der Waals surface area (Å²) in [6, 6.07) is 15.8. The zero-order chi connectivity index (χ0) is 26.2. The summed E-state index contributed by atoms with van der Waals surface area (Å²) < 4.78 is 26.5. The van der Waals surface area contributed by atoms with Gasteiger partial charge in [0.15, 0.2) is 0 Å². The molecule has 0 aromatic heterocycles. The van der Waals surface area contributed by atoms with Gasteiger partial charge in [-0.25, -0.2) is 8.42 Å². The van der Waals surface area contributed by atoms with E-state index in [1.165, 1.54) is 4.90 Å². The molecule has 0 aliphatic rings. The Morgan fingerprint density at radius 1 is 1.00 bits per heavy atom. The molecule has 2 amide bonds. The molecule has 1 atom stereocenters. The van der Waals surface area contributed by atoms with Crippen LogP contribution in [0.15, 0.2) is 54.6 Å². The number of sulfonamides is 1. The Bertz CT molecular complexity index is 1080. The van der Waals surface area contributed by atoms with Gasteiger partial charge in [-0.05, 0) is 42.0 Å². The lowest BCUT2D eigenvalue weighted by Crippen LogP contribution is -2.51. The summed E-state index contributed by atoms with van der Waals surface area (Å²) in [5, 5.41) is 2.88. The Labute approximate surface area is 210 Å². The molecule has 0 bridgehead atoms. The van der Waals surface area contributed by atoms with Gasteiger partial charge < -0.3 is 10.2 Å². The second-order valence-corrected chi connectivity index (χ2v) is 11.8. The molecule has 2 rings (SSSR count). The van der Waals surface area contributed by atoms with Crippen molar-refractivity contribution in [2.24, 2.45) is 0 Å². The Morgan fingerprint density at radius 2 is 1.60 bits per heavy atom. The van der Waals surface area contributed by atoms with Crippen molar-refractivity contribution in [3.05, 3.63) is 65.7 Å². The minimum atomic E-state index is -3.75. The quantitative estimate of drug-likeness (QED) is 0.470. The van der Waals surface area contributed by atoms with E-state index in [0.29, 0.717) is 12.2 Å². The number of benzene rings is 2. The maximum absolute atomic E-state index is 13.5. The molecular formula is C27H39N3O4S. The first-order valence-electron chi connectivity index (χ1n) is 12.0. The van der Waals surface area contributed by atoms with Crippen LogP contribution in [0.2, 0.25) is 0 Å². The molecule has 35 heavy (non-hydrogen) atoms. The van der Waals surface area contributed by atoms with Crippen LogP contribution in [0, 0.1) is 0 Å². The molecule has 0 fully saturated rings. The SMILES string of the molecule is CCCCNC(=O)[C@@H](C)N(Cc1ccccc1)C(=O)CN(c1ccc(C(C)(C)C)cc1)S(C)(=O)=O. The Balaban J connectivity index is 2.33. The Hall–Kier alpha value is -2.87. The van der Waals surface area contributed by atoms with Crippen molar-refractivity contribution in [3.63, 3.8) is 0 Å². The number of hydrogen-bond donors (Lipinski definition) is 1. The average Bonchev–Trinajstić information content (AvgIpc) is 2.80. The summed E-state index contributed by atoms with van der Waals surface area (Å²) in [6.45, 7) is 10.3. The number of carbonyl (C=O) groups excluding carboxylic acids is 2. The molecule has 0 heterocycles. The van der Waals surface area contributed by atoms with Crippen molar-refractivity contribution in [3.8, 4) is 0 Å². The number of carbonyl (C=O) groups is 2. The fourth-order valence-corrected chi connectivity index (χ4v) is 4.49. The fourth-order valence-electron chi connectivity index (χ4n) is 3.64. The van der Waals surface area contributed by atoms with Crippen molar-refractivity contribution >= 4 is 27.5 Å². The molecule has 192 valence electrons. The van der Waals surface area contributed by atoms with Gasteiger partial charge in [-0.15, -0.1) is 0 Å². The minimum Gasteiger partial charge on any atom is -0.354 e. The third-order valence-corrected chi connectivity index (χ3v) is 7.03. The predicted molar refractivity (Wildman–Crippen MR) is 142 cm³/mol. The van der Waals surface area contributed by atoms with Gasteiger partial charge in [0.05, 0.1) is 11.9 Å². The number of anilines is 1. The van der Waals surface area contributed by atoms with Crippen molar-refractivity contribution in [1.82, 2.24) is 10.2 Å². The predicted octanol–water partition coefficient (Wildman–Crippen LogP) is 4.08. The van der Waals surface area contributed by atoms with Crippen molar-refractivity contribution in [2.75, 3.05) is 23.7 Å². The smallest absolute Gasteiger partial charge is 0.244 e. The van der Waals surface area contributed by atoms with Crippen LogP contribution < -0.4 is 9.62 Å². The number of nitrogens with one attached hydrogen (secondary N) is 1. The molecular weight excluding hydrogens is 462 g/mol. The first kappa shape index (κ1) is 28.4. The monoisotopic (exact) mass is 501 g/mol. The number of amides is 2. The summed E-state index contributed by atoms with van der Waals surface area (Å²) in [7, 11) is -3.75. The first-order valence-corrected chi connectivity index (χ1v) is 13.9. The molecule has 8 heteroatoms. The van der Waals surface area contributed by atoms with E-state index < -0.39 is 28.5 Å². The molecule has 2 aromatic carbocycles. The summed E-state index contributed by atoms with van der Waals surface area (Å²) >= 11 is 0. The van der Waals surface area contributed by atoms with Crippen LogP contribution in [0.1, 0.15) is 58.6 Å². The van der Waals surface area contributed by atoms with Gasteiger partial charge in [-0.2, -0.15) is 0 Å². The van der Waals surface area contributed by atoms with Crippen molar-refractivity contribution < 1.29 is 18.0 Å². The van der Waals surface area contributed by atoms with Crippen LogP contribution in [-0.4, -0.2) is 50.5 Å². The van der Waals surface area contributed by atoms with Gasteiger partial charge in [0.25, 0.3) is 0 Å². The fraction of sp³-hybridized carbons (Fsp3) is 0.481. The number of hydrogen-bond acceptors (Lipinski definition) is 4. The maximum Gasteiger partial charge on any atom is 0.244 e. The van der Waals surface area contributed by atoms with E-state index in [2.05, 4.69) is 26.1 Å². The molecule has 7 nitrogen and oxygen atoms in total. The molecule has 1 N–H and O–H groups in total. The van der Waals surface area contributed by atoms with Gasteiger partial charge >= 0.3 is 0 Å². The van der Waals surface area contributed by atoms with E-state index in [0.717, 1.165) is 34.5 Å². The molecule has 0 aliphatic carbocycles. The van der Waals surface area contributed by atoms with E-state index in [9.17, 15) is 18.0 Å². The van der Waals surface area contributed by atoms with Gasteiger partial charge in [0.2, 0.25) is 21.8 Å². The lowest BCUT2D eigenvalue weighted by atomic mass is 9.87. The van der Waals surface area contributed by atoms with Crippen LogP contribution in [-0.2, 0) is 31.6 Å². The second kappa shape index (κ2) is 12.2. The van der Waals surface area contributed by atoms with Crippen molar-refractivity contribution in [2.45, 2.75) is 65.5 Å². The van der Waals surface area contributed by atoms with Crippen LogP contribution in [0.3, 0.4) is 0 Å². The molecule has 0 radical (unpaired) electrons. The molecule has 0 spiro atoms. The molecule has 0 saturated carbocycles. The number of nitrogens with zero attached hydrogens (tertiary/aromatic N) is 2. The van der Waals surface area contributed by atoms with E-state index in [1.54, 1.807) is 19.1 Å². The third-order valence-electron chi connectivity index (χ3n) is 5.89. The Morgan fingerprint density at radius 3 is 2.11 bits per heavy atom. The normalized spacial score (nSPS) is 12.6. The van der Waals surface area contributed by atoms with Crippen LogP contribution in [0.25, 0.3) is 0 Å². The van der Waals surface area contributed by atoms with Crippen molar-refractivity contribution in [1.29, 1.82) is 0 Å². The topological polar surface area (TPSA) is 86.8 Å². The van der Waals surface area contributed by atoms with Gasteiger partial charge in [-0.3, -0.25) is 13.9 Å². The lowest BCUT2D eigenvalue weighted by Gasteiger charge is -2.31. The van der Waals surface area contributed by atoms with Gasteiger partial charge in [0.1, 0.15) is 12.6 Å². The van der Waals surface area contributed by atoms with Gasteiger partial charge in [0, 0.05) is 13.1 Å². The molecule has 2 aromatic rings. The van der Waals surface area contributed by atoms with Crippen LogP contribution in [0.5, 0.6) is 0 Å². The third kappa shape index (κ3) is 8.38. The summed E-state index contributed by atoms with van der Waals surface area (Å²) in [6.07, 6.45) is 2.87. The maximum atomic E-state index is 13.5. The summed E-state index contributed by atoms with van der Waals surface area (Å²) in [4.78, 5) is 27.8. The summed E-state index contributed by atoms with van der Waals surface area (Å²) in [5.74, 6) is -0.708. The summed E-state index contributed by atoms with van der Waals surface area (Å²) in [5.41, 5.74) is 2.24. The largest absolute Gasteiger partial charge is 0.354 e. The molecule has 0 aliphatic heterocycles. The number of rotatable bonds is 11. The highest BCUT2D eigenvalue weighted by Gasteiger charge is 2.30. The average molecular weight is 502 g/mol. The zero-order valence-corrected chi connectivity index (χ0v) is 22.6. The van der Waals surface area contributed by atoms with Crippen LogP contribution in [0.4, 0.5) is 5.69 Å². The van der Waals surface area contributed by atoms with Crippen LogP contribution >= 0.6 is 0 Å².